The van der Waals surface area contributed by atoms with Crippen molar-refractivity contribution >= 4 is 11.9 Å². The molecule has 4 nitrogen and oxygen atoms in total. The Labute approximate surface area is 94.6 Å². The molecule has 1 aliphatic heterocycles. The van der Waals surface area contributed by atoms with Gasteiger partial charge in [0.25, 0.3) is 0 Å². The second-order valence-electron chi connectivity index (χ2n) is 4.20. The molecule has 1 heterocycles. The first kappa shape index (κ1) is 11.2. The van der Waals surface area contributed by atoms with Crippen molar-refractivity contribution in [1.82, 2.24) is 0 Å². The smallest absolute Gasteiger partial charge is 0.333 e. The summed E-state index contributed by atoms with van der Waals surface area (Å²) in [4.78, 5) is 22.8. The summed E-state index contributed by atoms with van der Waals surface area (Å²) in [6.07, 6.45) is 4.69. The van der Waals surface area contributed by atoms with Crippen molar-refractivity contribution in [2.45, 2.75) is 38.7 Å². The average molecular weight is 224 g/mol. The van der Waals surface area contributed by atoms with Gasteiger partial charge >= 0.3 is 11.9 Å². The Morgan fingerprint density at radius 3 is 3.19 bits per heavy atom. The van der Waals surface area contributed by atoms with E-state index in [2.05, 4.69) is 0 Å². The second-order valence-corrected chi connectivity index (χ2v) is 4.20. The Hall–Kier alpha value is -1.32. The highest BCUT2D eigenvalue weighted by Gasteiger charge is 2.35. The Balaban J connectivity index is 2.11. The van der Waals surface area contributed by atoms with E-state index in [0.717, 1.165) is 19.3 Å². The molecule has 0 bridgehead atoms. The number of fused-ring (bicyclic) bond motifs is 1. The van der Waals surface area contributed by atoms with Gasteiger partial charge < -0.3 is 9.47 Å². The van der Waals surface area contributed by atoms with Crippen LogP contribution in [0.5, 0.6) is 0 Å². The Bertz CT molecular complexity index is 332. The lowest BCUT2D eigenvalue weighted by atomic mass is 9.99. The minimum Gasteiger partial charge on any atom is -0.463 e. The third kappa shape index (κ3) is 2.26. The van der Waals surface area contributed by atoms with Gasteiger partial charge in [-0.05, 0) is 26.2 Å². The van der Waals surface area contributed by atoms with Gasteiger partial charge in [0.15, 0.2) is 0 Å². The van der Waals surface area contributed by atoms with Gasteiger partial charge in [-0.15, -0.1) is 0 Å². The third-order valence-electron chi connectivity index (χ3n) is 3.05. The van der Waals surface area contributed by atoms with E-state index in [-0.39, 0.29) is 24.0 Å². The lowest BCUT2D eigenvalue weighted by molar-refractivity contribution is -0.142. The Morgan fingerprint density at radius 2 is 2.44 bits per heavy atom. The number of rotatable bonds is 2. The van der Waals surface area contributed by atoms with Crippen molar-refractivity contribution in [1.29, 1.82) is 0 Å². The van der Waals surface area contributed by atoms with E-state index in [1.807, 2.05) is 6.08 Å². The largest absolute Gasteiger partial charge is 0.463 e. The highest BCUT2D eigenvalue weighted by atomic mass is 16.6. The van der Waals surface area contributed by atoms with Crippen LogP contribution in [0, 0.1) is 5.92 Å². The van der Waals surface area contributed by atoms with Crippen molar-refractivity contribution in [2.24, 2.45) is 5.92 Å². The van der Waals surface area contributed by atoms with Gasteiger partial charge in [0.1, 0.15) is 6.10 Å². The van der Waals surface area contributed by atoms with Crippen LogP contribution in [-0.2, 0) is 19.1 Å². The molecule has 0 saturated carbocycles. The number of carbonyl (C=O) groups is 2. The lowest BCUT2D eigenvalue weighted by Gasteiger charge is -2.10. The summed E-state index contributed by atoms with van der Waals surface area (Å²) >= 11 is 0. The van der Waals surface area contributed by atoms with Crippen LogP contribution in [0.4, 0.5) is 0 Å². The van der Waals surface area contributed by atoms with Crippen molar-refractivity contribution in [3.63, 3.8) is 0 Å². The molecule has 16 heavy (non-hydrogen) atoms. The predicted molar refractivity (Wildman–Crippen MR) is 56.6 cm³/mol. The number of hydrogen-bond acceptors (Lipinski definition) is 4. The minimum absolute atomic E-state index is 0.0283. The van der Waals surface area contributed by atoms with Crippen LogP contribution < -0.4 is 0 Å². The quantitative estimate of drug-likeness (QED) is 0.668. The average Bonchev–Trinajstić information content (AvgIpc) is 2.46. The van der Waals surface area contributed by atoms with E-state index < -0.39 is 0 Å². The van der Waals surface area contributed by atoms with Gasteiger partial charge in [-0.1, -0.05) is 6.08 Å². The predicted octanol–water partition coefficient (Wildman–Crippen LogP) is 1.59. The zero-order valence-electron chi connectivity index (χ0n) is 9.40. The SMILES string of the molecule is CCOC(=O)C1=C[C@@H]2CC(=O)O[C@H]2CCC1. The van der Waals surface area contributed by atoms with Crippen molar-refractivity contribution in [2.75, 3.05) is 6.61 Å². The van der Waals surface area contributed by atoms with E-state index in [4.69, 9.17) is 9.47 Å². The fourth-order valence-electron chi connectivity index (χ4n) is 2.30. The summed E-state index contributed by atoms with van der Waals surface area (Å²) in [7, 11) is 0. The number of carbonyl (C=O) groups excluding carboxylic acids is 2. The van der Waals surface area contributed by atoms with Crippen LogP contribution in [0.2, 0.25) is 0 Å². The maximum Gasteiger partial charge on any atom is 0.333 e. The summed E-state index contributed by atoms with van der Waals surface area (Å²) in [5.41, 5.74) is 0.702. The molecular weight excluding hydrogens is 208 g/mol. The molecule has 1 aliphatic carbocycles. The van der Waals surface area contributed by atoms with Crippen LogP contribution in [0.25, 0.3) is 0 Å². The standard InChI is InChI=1S/C12H16O4/c1-2-15-12(14)8-4-3-5-10-9(6-8)7-11(13)16-10/h6,9-10H,2-5,7H2,1H3/t9-,10+/m1/s1. The molecule has 0 aromatic carbocycles. The fraction of sp³-hybridized carbons (Fsp3) is 0.667. The van der Waals surface area contributed by atoms with Gasteiger partial charge in [0.2, 0.25) is 0 Å². The first-order chi connectivity index (χ1) is 7.70. The van der Waals surface area contributed by atoms with E-state index >= 15 is 0 Å². The summed E-state index contributed by atoms with van der Waals surface area (Å²) in [6.45, 7) is 2.18. The topological polar surface area (TPSA) is 52.6 Å². The fourth-order valence-corrected chi connectivity index (χ4v) is 2.30. The van der Waals surface area contributed by atoms with Crippen LogP contribution in [-0.4, -0.2) is 24.6 Å². The number of ether oxygens (including phenoxy) is 2. The molecular formula is C12H16O4. The van der Waals surface area contributed by atoms with Gasteiger partial charge in [-0.2, -0.15) is 0 Å². The molecule has 0 aromatic heterocycles. The summed E-state index contributed by atoms with van der Waals surface area (Å²) in [5.74, 6) is -0.340. The van der Waals surface area contributed by atoms with Gasteiger partial charge in [-0.3, -0.25) is 4.79 Å². The van der Waals surface area contributed by atoms with Gasteiger partial charge in [0, 0.05) is 11.5 Å². The summed E-state index contributed by atoms with van der Waals surface area (Å²) in [6, 6.07) is 0. The van der Waals surface area contributed by atoms with E-state index in [9.17, 15) is 9.59 Å². The van der Waals surface area contributed by atoms with Gasteiger partial charge in [0.05, 0.1) is 13.0 Å². The molecule has 1 fully saturated rings. The van der Waals surface area contributed by atoms with Crippen LogP contribution >= 0.6 is 0 Å². The number of esters is 2. The molecule has 0 aromatic rings. The molecule has 2 aliphatic rings. The maximum absolute atomic E-state index is 11.6. The molecule has 4 heteroatoms. The Kier molecular flexibility index (Phi) is 3.27. The molecule has 2 atom stereocenters. The lowest BCUT2D eigenvalue weighted by Crippen LogP contribution is -2.13. The molecule has 2 rings (SSSR count). The highest BCUT2D eigenvalue weighted by molar-refractivity contribution is 5.88. The van der Waals surface area contributed by atoms with E-state index in [0.29, 0.717) is 18.6 Å². The maximum atomic E-state index is 11.6. The molecule has 0 N–H and O–H groups in total. The summed E-state index contributed by atoms with van der Waals surface area (Å²) in [5, 5.41) is 0. The molecule has 0 spiro atoms. The normalized spacial score (nSPS) is 28.8. The zero-order chi connectivity index (χ0) is 11.5. The minimum atomic E-state index is -0.248. The molecule has 88 valence electrons. The number of hydrogen-bond donors (Lipinski definition) is 0. The molecule has 1 saturated heterocycles. The van der Waals surface area contributed by atoms with Gasteiger partial charge in [-0.25, -0.2) is 4.79 Å². The van der Waals surface area contributed by atoms with Crippen LogP contribution in [0.1, 0.15) is 32.6 Å². The van der Waals surface area contributed by atoms with Crippen molar-refractivity contribution < 1.29 is 19.1 Å². The van der Waals surface area contributed by atoms with Crippen molar-refractivity contribution in [3.8, 4) is 0 Å². The molecule has 0 unspecified atom stereocenters. The first-order valence-corrected chi connectivity index (χ1v) is 5.78. The Morgan fingerprint density at radius 1 is 1.62 bits per heavy atom. The second kappa shape index (κ2) is 4.68. The van der Waals surface area contributed by atoms with E-state index in [1.165, 1.54) is 0 Å². The zero-order valence-corrected chi connectivity index (χ0v) is 9.40. The van der Waals surface area contributed by atoms with Crippen LogP contribution in [0.3, 0.4) is 0 Å². The highest BCUT2D eigenvalue weighted by Crippen LogP contribution is 2.32. The summed E-state index contributed by atoms with van der Waals surface area (Å²) < 4.78 is 10.2. The van der Waals surface area contributed by atoms with Crippen molar-refractivity contribution in [3.05, 3.63) is 11.6 Å². The molecule has 0 radical (unpaired) electrons. The first-order valence-electron chi connectivity index (χ1n) is 5.78. The van der Waals surface area contributed by atoms with E-state index in [1.54, 1.807) is 6.92 Å². The third-order valence-corrected chi connectivity index (χ3v) is 3.05. The molecule has 0 amide bonds. The monoisotopic (exact) mass is 224 g/mol. The van der Waals surface area contributed by atoms with Crippen LogP contribution in [0.15, 0.2) is 11.6 Å².